The first-order valence-electron chi connectivity index (χ1n) is 3.98. The van der Waals surface area contributed by atoms with Crippen molar-refractivity contribution in [3.8, 4) is 11.4 Å². The lowest BCUT2D eigenvalue weighted by Crippen LogP contribution is -1.91. The van der Waals surface area contributed by atoms with Gasteiger partial charge in [0.15, 0.2) is 11.6 Å². The van der Waals surface area contributed by atoms with Gasteiger partial charge in [0.1, 0.15) is 0 Å². The second-order valence-corrected chi connectivity index (χ2v) is 2.75. The molecule has 5 nitrogen and oxygen atoms in total. The number of nitrogens with zero attached hydrogens (tertiary/aromatic N) is 3. The lowest BCUT2D eigenvalue weighted by atomic mass is 10.1. The quantitative estimate of drug-likeness (QED) is 0.708. The molecular weight excluding hydrogens is 180 g/mol. The molecule has 0 saturated carbocycles. The fraction of sp³-hybridized carbons (Fsp3) is 0. The average Bonchev–Trinajstić information content (AvgIpc) is 2.71. The Balaban J connectivity index is 2.36. The number of benzene rings is 1. The van der Waals surface area contributed by atoms with Crippen LogP contribution >= 0.6 is 0 Å². The van der Waals surface area contributed by atoms with Crippen molar-refractivity contribution in [3.63, 3.8) is 0 Å². The van der Waals surface area contributed by atoms with Crippen LogP contribution in [0.4, 0.5) is 0 Å². The van der Waals surface area contributed by atoms with Gasteiger partial charge in [-0.1, -0.05) is 24.3 Å². The molecule has 1 radical (unpaired) electrons. The monoisotopic (exact) mass is 187 g/mol. The molecule has 0 aliphatic rings. The van der Waals surface area contributed by atoms with Gasteiger partial charge in [0.25, 0.3) is 0 Å². The molecule has 14 heavy (non-hydrogen) atoms. The van der Waals surface area contributed by atoms with Gasteiger partial charge in [-0.25, -0.2) is 5.10 Å². The maximum atomic E-state index is 10.9. The first kappa shape index (κ1) is 8.55. The van der Waals surface area contributed by atoms with E-state index in [2.05, 4.69) is 27.5 Å². The molecule has 5 heteroatoms. The van der Waals surface area contributed by atoms with Crippen molar-refractivity contribution < 1.29 is 4.79 Å². The summed E-state index contributed by atoms with van der Waals surface area (Å²) in [6.45, 7) is 3.31. The molecule has 2 rings (SSSR count). The van der Waals surface area contributed by atoms with Gasteiger partial charge in [-0.15, -0.1) is 5.10 Å². The number of rotatable bonds is 2. The average molecular weight is 187 g/mol. The molecule has 0 unspecified atom stereocenters. The maximum Gasteiger partial charge on any atom is 0.179 e. The predicted molar refractivity (Wildman–Crippen MR) is 49.3 cm³/mol. The number of nitrogens with one attached hydrogen (secondary N) is 1. The minimum Gasteiger partial charge on any atom is -0.294 e. The van der Waals surface area contributed by atoms with Crippen LogP contribution in [-0.4, -0.2) is 26.4 Å². The minimum atomic E-state index is -0.202. The van der Waals surface area contributed by atoms with Gasteiger partial charge in [-0.05, 0) is 10.4 Å². The van der Waals surface area contributed by atoms with Gasteiger partial charge in [-0.2, -0.15) is 0 Å². The molecule has 69 valence electrons. The molecule has 0 saturated heterocycles. The molecule has 0 spiro atoms. The number of Topliss-reactive ketones (excluding diaryl/α,β-unsaturated/α-hetero) is 1. The first-order valence-corrected chi connectivity index (χ1v) is 3.98. The Bertz CT molecular complexity index is 432. The summed E-state index contributed by atoms with van der Waals surface area (Å²) in [6.07, 6.45) is 0. The molecule has 0 fully saturated rings. The summed E-state index contributed by atoms with van der Waals surface area (Å²) >= 11 is 0. The van der Waals surface area contributed by atoms with E-state index < -0.39 is 0 Å². The molecule has 0 amide bonds. The lowest BCUT2D eigenvalue weighted by Gasteiger charge is -1.96. The third-order valence-electron chi connectivity index (χ3n) is 1.83. The molecule has 0 atom stereocenters. The van der Waals surface area contributed by atoms with Crippen LogP contribution in [0.15, 0.2) is 24.3 Å². The number of tetrazole rings is 1. The van der Waals surface area contributed by atoms with Crippen molar-refractivity contribution >= 4 is 5.78 Å². The van der Waals surface area contributed by atoms with Crippen LogP contribution < -0.4 is 0 Å². The predicted octanol–water partition coefficient (Wildman–Crippen LogP) is 0.883. The highest BCUT2D eigenvalue weighted by Gasteiger charge is 2.02. The number of hydrogen-bond donors (Lipinski definition) is 1. The molecule has 1 N–H and O–H groups in total. The molecule has 1 aromatic carbocycles. The zero-order valence-electron chi connectivity index (χ0n) is 7.27. The number of carbonyl (C=O) groups excluding carboxylic acids is 1. The largest absolute Gasteiger partial charge is 0.294 e. The van der Waals surface area contributed by atoms with Crippen LogP contribution in [0.5, 0.6) is 0 Å². The third-order valence-corrected chi connectivity index (χ3v) is 1.83. The van der Waals surface area contributed by atoms with Crippen LogP contribution in [0, 0.1) is 6.92 Å². The minimum absolute atomic E-state index is 0.202. The molecule has 0 aliphatic heterocycles. The number of aromatic nitrogens is 4. The van der Waals surface area contributed by atoms with Crippen LogP contribution in [-0.2, 0) is 0 Å². The van der Waals surface area contributed by atoms with Crippen LogP contribution in [0.1, 0.15) is 10.4 Å². The lowest BCUT2D eigenvalue weighted by molar-refractivity contribution is 0.104. The number of aromatic amines is 1. The molecule has 0 bridgehead atoms. The van der Waals surface area contributed by atoms with E-state index in [1.165, 1.54) is 0 Å². The second kappa shape index (κ2) is 3.37. The Labute approximate surface area is 80.2 Å². The van der Waals surface area contributed by atoms with Gasteiger partial charge in [0, 0.05) is 18.1 Å². The van der Waals surface area contributed by atoms with Crippen molar-refractivity contribution in [3.05, 3.63) is 36.8 Å². The fourth-order valence-electron chi connectivity index (χ4n) is 1.10. The standard InChI is InChI=1S/C9H7N4O/c1-6(14)7-2-4-8(5-3-7)9-10-12-13-11-9/h2-5H,1H2,(H,10,11,12,13). The smallest absolute Gasteiger partial charge is 0.179 e. The van der Waals surface area contributed by atoms with E-state index in [1.807, 2.05) is 0 Å². The summed E-state index contributed by atoms with van der Waals surface area (Å²) in [4.78, 5) is 10.9. The van der Waals surface area contributed by atoms with Gasteiger partial charge in [0.05, 0.1) is 0 Å². The molecule has 1 heterocycles. The maximum absolute atomic E-state index is 10.9. The fourth-order valence-corrected chi connectivity index (χ4v) is 1.10. The van der Waals surface area contributed by atoms with E-state index in [0.717, 1.165) is 5.56 Å². The summed E-state index contributed by atoms with van der Waals surface area (Å²) in [5, 5.41) is 13.3. The molecule has 1 aromatic heterocycles. The van der Waals surface area contributed by atoms with E-state index in [4.69, 9.17) is 0 Å². The highest BCUT2D eigenvalue weighted by molar-refractivity contribution is 5.99. The Kier molecular flexibility index (Phi) is 2.06. The van der Waals surface area contributed by atoms with E-state index >= 15 is 0 Å². The highest BCUT2D eigenvalue weighted by Crippen LogP contribution is 2.13. The van der Waals surface area contributed by atoms with Gasteiger partial charge in [0.2, 0.25) is 0 Å². The highest BCUT2D eigenvalue weighted by atomic mass is 16.1. The van der Waals surface area contributed by atoms with E-state index in [9.17, 15) is 4.79 Å². The summed E-state index contributed by atoms with van der Waals surface area (Å²) in [5.74, 6) is 0.375. The molecule has 2 aromatic rings. The number of ketones is 1. The number of hydrogen-bond acceptors (Lipinski definition) is 4. The zero-order chi connectivity index (χ0) is 9.97. The van der Waals surface area contributed by atoms with Crippen molar-refractivity contribution in [1.29, 1.82) is 0 Å². The summed E-state index contributed by atoms with van der Waals surface area (Å²) < 4.78 is 0. The van der Waals surface area contributed by atoms with Crippen molar-refractivity contribution in [1.82, 2.24) is 20.6 Å². The topological polar surface area (TPSA) is 71.5 Å². The van der Waals surface area contributed by atoms with E-state index in [0.29, 0.717) is 11.4 Å². The Morgan fingerprint density at radius 2 is 2.00 bits per heavy atom. The van der Waals surface area contributed by atoms with Gasteiger partial charge >= 0.3 is 0 Å². The van der Waals surface area contributed by atoms with E-state index in [-0.39, 0.29) is 5.78 Å². The summed E-state index contributed by atoms with van der Waals surface area (Å²) in [7, 11) is 0. The van der Waals surface area contributed by atoms with Gasteiger partial charge < -0.3 is 0 Å². The summed E-state index contributed by atoms with van der Waals surface area (Å²) in [5.41, 5.74) is 1.40. The number of carbonyl (C=O) groups is 1. The molecule has 0 aliphatic carbocycles. The van der Waals surface area contributed by atoms with E-state index in [1.54, 1.807) is 24.3 Å². The molecular formula is C9H7N4O. The van der Waals surface area contributed by atoms with Crippen molar-refractivity contribution in [2.45, 2.75) is 0 Å². The van der Waals surface area contributed by atoms with Crippen LogP contribution in [0.2, 0.25) is 0 Å². The second-order valence-electron chi connectivity index (χ2n) is 2.75. The summed E-state index contributed by atoms with van der Waals surface area (Å²) in [6, 6.07) is 6.90. The first-order chi connectivity index (χ1) is 6.77. The van der Waals surface area contributed by atoms with Gasteiger partial charge in [-0.3, -0.25) is 4.79 Å². The van der Waals surface area contributed by atoms with Crippen LogP contribution in [0.3, 0.4) is 0 Å². The Morgan fingerprint density at radius 3 is 2.50 bits per heavy atom. The third kappa shape index (κ3) is 1.52. The normalized spacial score (nSPS) is 10.1. The number of H-pyrrole nitrogens is 1. The zero-order valence-corrected chi connectivity index (χ0v) is 7.27. The van der Waals surface area contributed by atoms with Crippen LogP contribution in [0.25, 0.3) is 11.4 Å². The Morgan fingerprint density at radius 1 is 1.29 bits per heavy atom. The van der Waals surface area contributed by atoms with Crippen molar-refractivity contribution in [2.24, 2.45) is 0 Å². The van der Waals surface area contributed by atoms with Crippen molar-refractivity contribution in [2.75, 3.05) is 0 Å². The SMILES string of the molecule is [CH2]C(=O)c1ccc(-c2nnn[nH]2)cc1. The Hall–Kier alpha value is -2.04.